The molecule has 0 N–H and O–H groups in total. The molecule has 0 bridgehead atoms. The molecule has 1 rings (SSSR count). The average molecular weight is 121 g/mol. The second-order valence-corrected chi connectivity index (χ2v) is 2.92. The number of rotatable bonds is 0. The van der Waals surface area contributed by atoms with Gasteiger partial charge in [-0.05, 0) is 5.54 Å². The molecule has 0 saturated carbocycles. The maximum Gasteiger partial charge on any atom is 0.0647 e. The highest BCUT2D eigenvalue weighted by Gasteiger charge is 2.21. The molecule has 9 radical (unpaired) electrons. The van der Waals surface area contributed by atoms with Gasteiger partial charge in [-0.1, -0.05) is 10.4 Å². The predicted octanol–water partition coefficient (Wildman–Crippen LogP) is -0.494. The Morgan fingerprint density at radius 2 is 1.33 bits per heavy atom. The number of allylic oxidation sites excluding steroid dienone is 2. The molecule has 0 nitrogen and oxygen atoms in total. The zero-order valence-electron chi connectivity index (χ0n) is 3.08. The van der Waals surface area contributed by atoms with E-state index in [1.54, 1.807) is 0 Å². The molecule has 1 aliphatic carbocycles. The Hall–Kier alpha value is 0.391. The first-order valence-electron chi connectivity index (χ1n) is 1.62. The van der Waals surface area contributed by atoms with E-state index in [2.05, 4.69) is 30.7 Å². The minimum absolute atomic E-state index is 0.485. The third-order valence-electron chi connectivity index (χ3n) is 0.784. The van der Waals surface area contributed by atoms with Crippen molar-refractivity contribution in [3.63, 3.8) is 0 Å². The van der Waals surface area contributed by atoms with Gasteiger partial charge in [0.15, 0.2) is 0 Å². The van der Waals surface area contributed by atoms with E-state index in [-0.39, 0.29) is 0 Å². The lowest BCUT2D eigenvalue weighted by molar-refractivity contribution is 1.61. The van der Waals surface area contributed by atoms with E-state index in [1.807, 2.05) is 0 Å². The molecule has 6 heavy (non-hydrogen) atoms. The lowest BCUT2D eigenvalue weighted by Gasteiger charge is -1.72. The molecule has 0 aromatic carbocycles. The van der Waals surface area contributed by atoms with E-state index >= 15 is 0 Å². The Bertz CT molecular complexity index is 92.6. The van der Waals surface area contributed by atoms with Crippen molar-refractivity contribution < 1.29 is 0 Å². The van der Waals surface area contributed by atoms with Crippen LogP contribution < -0.4 is 0 Å². The summed E-state index contributed by atoms with van der Waals surface area (Å²) >= 11 is 0. The quantitative estimate of drug-likeness (QED) is 0.379. The standard InChI is InChI=1S/C3HSi3/c4-1-2(5)3(1)6/h1H. The van der Waals surface area contributed by atoms with E-state index in [9.17, 15) is 0 Å². The van der Waals surface area contributed by atoms with E-state index < -0.39 is 0 Å². The Kier molecular flexibility index (Phi) is 0.893. The summed E-state index contributed by atoms with van der Waals surface area (Å²) in [5, 5.41) is 2.45. The lowest BCUT2D eigenvalue weighted by Crippen LogP contribution is -1.68. The molecule has 0 heterocycles. The van der Waals surface area contributed by atoms with Gasteiger partial charge in [0.1, 0.15) is 0 Å². The highest BCUT2D eigenvalue weighted by Crippen LogP contribution is 2.36. The summed E-state index contributed by atoms with van der Waals surface area (Å²) in [5.74, 6) is 0. The molecular weight excluding hydrogens is 120 g/mol. The lowest BCUT2D eigenvalue weighted by atomic mass is 10.8. The van der Waals surface area contributed by atoms with Crippen LogP contribution in [0.4, 0.5) is 0 Å². The molecule has 0 aromatic heterocycles. The van der Waals surface area contributed by atoms with Crippen molar-refractivity contribution in [3.05, 3.63) is 10.4 Å². The average Bonchev–Trinajstić information content (AvgIpc) is 1.94. The van der Waals surface area contributed by atoms with Gasteiger partial charge in [0.25, 0.3) is 0 Å². The van der Waals surface area contributed by atoms with Crippen molar-refractivity contribution in [1.29, 1.82) is 0 Å². The zero-order valence-corrected chi connectivity index (χ0v) is 6.08. The van der Waals surface area contributed by atoms with Crippen molar-refractivity contribution in [2.45, 2.75) is 5.54 Å². The molecule has 0 atom stereocenters. The smallest absolute Gasteiger partial charge is 0.0647 e. The first-order chi connectivity index (χ1) is 2.73. The van der Waals surface area contributed by atoms with Crippen LogP contribution in [0.5, 0.6) is 0 Å². The van der Waals surface area contributed by atoms with Crippen LogP contribution in [0.3, 0.4) is 0 Å². The third kappa shape index (κ3) is 0.468. The zero-order chi connectivity index (χ0) is 4.73. The Balaban J connectivity index is 2.54. The van der Waals surface area contributed by atoms with Gasteiger partial charge >= 0.3 is 0 Å². The molecule has 0 fully saturated rings. The first-order valence-corrected chi connectivity index (χ1v) is 3.19. The molecule has 1 aliphatic rings. The predicted molar refractivity (Wildman–Crippen MR) is 28.0 cm³/mol. The van der Waals surface area contributed by atoms with Gasteiger partial charge in [-0.25, -0.2) is 0 Å². The highest BCUT2D eigenvalue weighted by molar-refractivity contribution is 6.47. The summed E-state index contributed by atoms with van der Waals surface area (Å²) in [6.45, 7) is 0. The van der Waals surface area contributed by atoms with Crippen LogP contribution in [0.1, 0.15) is 0 Å². The summed E-state index contributed by atoms with van der Waals surface area (Å²) in [7, 11) is 10.1. The monoisotopic (exact) mass is 121 g/mol. The van der Waals surface area contributed by atoms with Gasteiger partial charge < -0.3 is 0 Å². The van der Waals surface area contributed by atoms with Crippen LogP contribution in [0.15, 0.2) is 10.4 Å². The molecule has 0 aromatic rings. The summed E-state index contributed by atoms with van der Waals surface area (Å²) < 4.78 is 0. The van der Waals surface area contributed by atoms with Crippen LogP contribution in [-0.2, 0) is 0 Å². The summed E-state index contributed by atoms with van der Waals surface area (Å²) in [6, 6.07) is 0. The van der Waals surface area contributed by atoms with Crippen molar-refractivity contribution >= 4 is 30.7 Å². The van der Waals surface area contributed by atoms with Crippen molar-refractivity contribution in [3.8, 4) is 0 Å². The topological polar surface area (TPSA) is 0 Å². The number of hydrogen-bond donors (Lipinski definition) is 0. The second kappa shape index (κ2) is 1.18. The molecular formula is C3HSi3. The number of hydrogen-bond acceptors (Lipinski definition) is 0. The first kappa shape index (κ1) is 4.55. The van der Waals surface area contributed by atoms with E-state index in [0.717, 1.165) is 0 Å². The normalized spacial score (nSPS) is 22.5. The Labute approximate surface area is 47.3 Å². The van der Waals surface area contributed by atoms with Gasteiger partial charge in [0.2, 0.25) is 0 Å². The van der Waals surface area contributed by atoms with E-state index in [0.29, 0.717) is 5.54 Å². The van der Waals surface area contributed by atoms with Gasteiger partial charge in [-0.2, -0.15) is 0 Å². The fourth-order valence-electron chi connectivity index (χ4n) is 0.222. The van der Waals surface area contributed by atoms with Crippen LogP contribution in [0.25, 0.3) is 0 Å². The Morgan fingerprint density at radius 1 is 1.17 bits per heavy atom. The molecule has 0 amide bonds. The van der Waals surface area contributed by atoms with Crippen LogP contribution in [-0.4, -0.2) is 30.7 Å². The summed E-state index contributed by atoms with van der Waals surface area (Å²) in [4.78, 5) is 0. The second-order valence-electron chi connectivity index (χ2n) is 1.26. The highest BCUT2D eigenvalue weighted by atomic mass is 28.2. The maximum absolute atomic E-state index is 3.39. The third-order valence-corrected chi connectivity index (χ3v) is 3.30. The summed E-state index contributed by atoms with van der Waals surface area (Å²) in [5.41, 5.74) is 0.485. The summed E-state index contributed by atoms with van der Waals surface area (Å²) in [6.07, 6.45) is 0. The van der Waals surface area contributed by atoms with Crippen molar-refractivity contribution in [2.24, 2.45) is 0 Å². The van der Waals surface area contributed by atoms with E-state index in [4.69, 9.17) is 0 Å². The largest absolute Gasteiger partial charge is 0.0903 e. The molecule has 0 saturated heterocycles. The van der Waals surface area contributed by atoms with Gasteiger partial charge in [-0.15, -0.1) is 0 Å². The fraction of sp³-hybridized carbons (Fsp3) is 0.333. The van der Waals surface area contributed by atoms with Crippen molar-refractivity contribution in [1.82, 2.24) is 0 Å². The molecule has 3 heteroatoms. The van der Waals surface area contributed by atoms with Crippen molar-refractivity contribution in [2.75, 3.05) is 0 Å². The fourth-order valence-corrected chi connectivity index (χ4v) is 1.32. The van der Waals surface area contributed by atoms with Gasteiger partial charge in [-0.3, -0.25) is 0 Å². The molecule has 0 aliphatic heterocycles. The van der Waals surface area contributed by atoms with Gasteiger partial charge in [0.05, 0.1) is 20.5 Å². The maximum atomic E-state index is 3.39. The van der Waals surface area contributed by atoms with Crippen LogP contribution >= 0.6 is 0 Å². The molecule has 25 valence electrons. The van der Waals surface area contributed by atoms with Gasteiger partial charge in [0, 0.05) is 10.2 Å². The minimum atomic E-state index is 0.485. The minimum Gasteiger partial charge on any atom is -0.0903 e. The SMILES string of the molecule is [Si]C1=C([Si])C1[Si]. The Morgan fingerprint density at radius 3 is 1.33 bits per heavy atom. The van der Waals surface area contributed by atoms with Crippen LogP contribution in [0, 0.1) is 0 Å². The van der Waals surface area contributed by atoms with Crippen LogP contribution in [0.2, 0.25) is 5.54 Å². The van der Waals surface area contributed by atoms with E-state index in [1.165, 1.54) is 10.4 Å². The molecule has 0 spiro atoms. The molecule has 0 unspecified atom stereocenters.